The molecule has 9 heteroatoms. The van der Waals surface area contributed by atoms with Crippen LogP contribution in [-0.2, 0) is 14.3 Å². The van der Waals surface area contributed by atoms with Gasteiger partial charge in [-0.15, -0.1) is 0 Å². The zero-order valence-corrected chi connectivity index (χ0v) is 13.1. The standard InChI is InChI=1S/C15H17F3N2O4/c1-3-24-15(23)7(2)4-11(13(19)21)20-14(22)12-9(17)5-8(16)6-10(12)18/h5-7,11H,3-4H2,1-2H3,(H2,19,21)(H,20,22)/t7-,11+/m1/s1. The van der Waals surface area contributed by atoms with Crippen LogP contribution < -0.4 is 11.1 Å². The van der Waals surface area contributed by atoms with E-state index in [4.69, 9.17) is 10.5 Å². The van der Waals surface area contributed by atoms with E-state index >= 15 is 0 Å². The minimum absolute atomic E-state index is 0.128. The Morgan fingerprint density at radius 3 is 2.21 bits per heavy atom. The number of ether oxygens (including phenoxy) is 1. The van der Waals surface area contributed by atoms with Crippen molar-refractivity contribution in [1.29, 1.82) is 0 Å². The van der Waals surface area contributed by atoms with Crippen molar-refractivity contribution in [3.63, 3.8) is 0 Å². The Kier molecular flexibility index (Phi) is 6.75. The molecular formula is C15H17F3N2O4. The number of esters is 1. The van der Waals surface area contributed by atoms with Crippen LogP contribution in [0.25, 0.3) is 0 Å². The fraction of sp³-hybridized carbons (Fsp3) is 0.400. The second kappa shape index (κ2) is 8.32. The highest BCUT2D eigenvalue weighted by Gasteiger charge is 2.28. The monoisotopic (exact) mass is 346 g/mol. The minimum atomic E-state index is -1.42. The van der Waals surface area contributed by atoms with E-state index in [1.807, 2.05) is 5.32 Å². The highest BCUT2D eigenvalue weighted by Crippen LogP contribution is 2.16. The topological polar surface area (TPSA) is 98.5 Å². The van der Waals surface area contributed by atoms with E-state index in [-0.39, 0.29) is 13.0 Å². The highest BCUT2D eigenvalue weighted by molar-refractivity contribution is 5.97. The number of halogens is 3. The molecule has 0 aliphatic heterocycles. The van der Waals surface area contributed by atoms with E-state index < -0.39 is 52.8 Å². The predicted octanol–water partition coefficient (Wildman–Crippen LogP) is 1.28. The first kappa shape index (κ1) is 19.5. The third kappa shape index (κ3) is 4.97. The number of carbonyl (C=O) groups excluding carboxylic acids is 3. The van der Waals surface area contributed by atoms with Gasteiger partial charge in [0.2, 0.25) is 5.91 Å². The van der Waals surface area contributed by atoms with Gasteiger partial charge in [-0.1, -0.05) is 6.92 Å². The van der Waals surface area contributed by atoms with E-state index in [2.05, 4.69) is 0 Å². The summed E-state index contributed by atoms with van der Waals surface area (Å²) in [7, 11) is 0. The lowest BCUT2D eigenvalue weighted by Crippen LogP contribution is -2.46. The van der Waals surface area contributed by atoms with E-state index in [1.54, 1.807) is 6.92 Å². The van der Waals surface area contributed by atoms with Gasteiger partial charge in [0.25, 0.3) is 5.91 Å². The zero-order chi connectivity index (χ0) is 18.4. The first-order chi connectivity index (χ1) is 11.2. The lowest BCUT2D eigenvalue weighted by Gasteiger charge is -2.19. The molecule has 24 heavy (non-hydrogen) atoms. The van der Waals surface area contributed by atoms with Crippen LogP contribution >= 0.6 is 0 Å². The summed E-state index contributed by atoms with van der Waals surface area (Å²) >= 11 is 0. The summed E-state index contributed by atoms with van der Waals surface area (Å²) in [4.78, 5) is 34.9. The smallest absolute Gasteiger partial charge is 0.308 e. The molecule has 0 aromatic heterocycles. The maximum Gasteiger partial charge on any atom is 0.308 e. The average Bonchev–Trinajstić information content (AvgIpc) is 2.45. The molecule has 0 aliphatic carbocycles. The van der Waals surface area contributed by atoms with Crippen LogP contribution in [-0.4, -0.2) is 30.4 Å². The molecule has 132 valence electrons. The predicted molar refractivity (Wildman–Crippen MR) is 77.2 cm³/mol. The van der Waals surface area contributed by atoms with Crippen LogP contribution in [0.1, 0.15) is 30.6 Å². The van der Waals surface area contributed by atoms with Crippen LogP contribution in [0.2, 0.25) is 0 Å². The van der Waals surface area contributed by atoms with Gasteiger partial charge < -0.3 is 15.8 Å². The molecule has 1 aromatic carbocycles. The molecule has 0 bridgehead atoms. The van der Waals surface area contributed by atoms with Gasteiger partial charge in [-0.25, -0.2) is 13.2 Å². The van der Waals surface area contributed by atoms with Gasteiger partial charge in [0, 0.05) is 12.1 Å². The summed E-state index contributed by atoms with van der Waals surface area (Å²) in [6.07, 6.45) is -0.218. The van der Waals surface area contributed by atoms with Gasteiger partial charge in [-0.3, -0.25) is 14.4 Å². The van der Waals surface area contributed by atoms with E-state index in [9.17, 15) is 27.6 Å². The summed E-state index contributed by atoms with van der Waals surface area (Å²) < 4.78 is 44.8. The Morgan fingerprint density at radius 2 is 1.75 bits per heavy atom. The molecule has 0 spiro atoms. The quantitative estimate of drug-likeness (QED) is 0.727. The third-order valence-corrected chi connectivity index (χ3v) is 3.16. The Labute approximate surface area is 136 Å². The Bertz CT molecular complexity index is 629. The van der Waals surface area contributed by atoms with Crippen LogP contribution in [0, 0.1) is 23.4 Å². The molecule has 2 atom stereocenters. The molecular weight excluding hydrogens is 329 g/mol. The first-order valence-electron chi connectivity index (χ1n) is 7.08. The number of benzene rings is 1. The number of hydrogen-bond acceptors (Lipinski definition) is 4. The number of carbonyl (C=O) groups is 3. The molecule has 0 radical (unpaired) electrons. The van der Waals surface area contributed by atoms with Crippen LogP contribution in [0.15, 0.2) is 12.1 Å². The van der Waals surface area contributed by atoms with Crippen molar-refractivity contribution in [2.45, 2.75) is 26.3 Å². The fourth-order valence-corrected chi connectivity index (χ4v) is 1.97. The lowest BCUT2D eigenvalue weighted by molar-refractivity contribution is -0.147. The fourth-order valence-electron chi connectivity index (χ4n) is 1.97. The van der Waals surface area contributed by atoms with Crippen LogP contribution in [0.5, 0.6) is 0 Å². The molecule has 0 fully saturated rings. The molecule has 0 aliphatic rings. The first-order valence-corrected chi connectivity index (χ1v) is 7.08. The van der Waals surface area contributed by atoms with Gasteiger partial charge in [0.15, 0.2) is 0 Å². The maximum atomic E-state index is 13.6. The second-order valence-corrected chi connectivity index (χ2v) is 5.06. The number of hydrogen-bond donors (Lipinski definition) is 2. The number of nitrogens with one attached hydrogen (secondary N) is 1. The Balaban J connectivity index is 2.92. The maximum absolute atomic E-state index is 13.6. The Hall–Kier alpha value is -2.58. The summed E-state index contributed by atoms with van der Waals surface area (Å²) in [5, 5.41) is 2.04. The number of nitrogens with two attached hydrogens (primary N) is 1. The Morgan fingerprint density at radius 1 is 1.21 bits per heavy atom. The van der Waals surface area contributed by atoms with E-state index in [0.29, 0.717) is 12.1 Å². The van der Waals surface area contributed by atoms with Crippen molar-refractivity contribution in [3.8, 4) is 0 Å². The summed E-state index contributed by atoms with van der Waals surface area (Å²) in [5.74, 6) is -7.72. The van der Waals surface area contributed by atoms with Crippen molar-refractivity contribution in [3.05, 3.63) is 35.1 Å². The molecule has 0 unspecified atom stereocenters. The van der Waals surface area contributed by atoms with Crippen molar-refractivity contribution in [2.75, 3.05) is 6.61 Å². The van der Waals surface area contributed by atoms with Crippen LogP contribution in [0.4, 0.5) is 13.2 Å². The molecule has 1 aromatic rings. The third-order valence-electron chi connectivity index (χ3n) is 3.16. The number of rotatable bonds is 7. The average molecular weight is 346 g/mol. The molecule has 0 saturated carbocycles. The van der Waals surface area contributed by atoms with E-state index in [0.717, 1.165) is 0 Å². The van der Waals surface area contributed by atoms with Crippen molar-refractivity contribution >= 4 is 17.8 Å². The summed E-state index contributed by atoms with van der Waals surface area (Å²) in [6, 6.07) is -0.697. The SMILES string of the molecule is CCOC(=O)[C@H](C)C[C@H](NC(=O)c1c(F)cc(F)cc1F)C(N)=O. The normalized spacial score (nSPS) is 13.0. The molecule has 1 rings (SSSR count). The van der Waals surface area contributed by atoms with E-state index in [1.165, 1.54) is 6.92 Å². The summed E-state index contributed by atoms with van der Waals surface area (Å²) in [6.45, 7) is 3.17. The van der Waals surface area contributed by atoms with Crippen molar-refractivity contribution in [2.24, 2.45) is 11.7 Å². The molecule has 0 saturated heterocycles. The largest absolute Gasteiger partial charge is 0.466 e. The minimum Gasteiger partial charge on any atom is -0.466 e. The number of primary amides is 1. The molecule has 3 N–H and O–H groups in total. The lowest BCUT2D eigenvalue weighted by atomic mass is 10.0. The van der Waals surface area contributed by atoms with Crippen molar-refractivity contribution in [1.82, 2.24) is 5.32 Å². The van der Waals surface area contributed by atoms with Gasteiger partial charge in [0.05, 0.1) is 12.5 Å². The van der Waals surface area contributed by atoms with Gasteiger partial charge in [-0.2, -0.15) is 0 Å². The molecule has 6 nitrogen and oxygen atoms in total. The molecule has 0 heterocycles. The second-order valence-electron chi connectivity index (χ2n) is 5.06. The molecule has 2 amide bonds. The van der Waals surface area contributed by atoms with Gasteiger partial charge in [-0.05, 0) is 13.3 Å². The van der Waals surface area contributed by atoms with Crippen LogP contribution in [0.3, 0.4) is 0 Å². The highest BCUT2D eigenvalue weighted by atomic mass is 19.1. The van der Waals surface area contributed by atoms with Crippen molar-refractivity contribution < 1.29 is 32.3 Å². The summed E-state index contributed by atoms with van der Waals surface area (Å²) in [5.41, 5.74) is 4.08. The van der Waals surface area contributed by atoms with Gasteiger partial charge in [0.1, 0.15) is 29.1 Å². The number of amides is 2. The van der Waals surface area contributed by atoms with Gasteiger partial charge >= 0.3 is 5.97 Å². The zero-order valence-electron chi connectivity index (χ0n) is 13.1.